The van der Waals surface area contributed by atoms with Gasteiger partial charge in [-0.25, -0.2) is 0 Å². The summed E-state index contributed by atoms with van der Waals surface area (Å²) in [6.45, 7) is 0. The fraction of sp³-hybridized carbons (Fsp3) is 0. The minimum atomic E-state index is 1.17. The van der Waals surface area contributed by atoms with Gasteiger partial charge in [0.1, 0.15) is 0 Å². The Labute approximate surface area is 588 Å². The molecule has 472 valence electrons. The summed E-state index contributed by atoms with van der Waals surface area (Å²) in [5.74, 6) is 0. The highest BCUT2D eigenvalue weighted by atomic mass is 15.0. The molecule has 0 unspecified atom stereocenters. The topological polar surface area (TPSA) is 9.86 Å². The molecule has 0 radical (unpaired) electrons. The summed E-state index contributed by atoms with van der Waals surface area (Å²) in [5.41, 5.74) is 17.4. The molecule has 0 N–H and O–H groups in total. The van der Waals surface area contributed by atoms with Crippen LogP contribution < -0.4 is 0 Å². The summed E-state index contributed by atoms with van der Waals surface area (Å²) in [5, 5.41) is 30.7. The highest BCUT2D eigenvalue weighted by Crippen LogP contribution is 2.52. The lowest BCUT2D eigenvalue weighted by atomic mass is 9.83. The Morgan fingerprint density at radius 3 is 0.922 bits per heavy atom. The molecule has 0 atom stereocenters. The zero-order valence-electron chi connectivity index (χ0n) is 55.7. The van der Waals surface area contributed by atoms with Crippen molar-refractivity contribution in [3.63, 3.8) is 0 Å². The van der Waals surface area contributed by atoms with Crippen molar-refractivity contribution in [2.24, 2.45) is 0 Å². The molecular formula is C100H62N2. The molecule has 0 bridgehead atoms. The average molecular weight is 1290 g/mol. The molecule has 0 saturated heterocycles. The minimum Gasteiger partial charge on any atom is -0.309 e. The van der Waals surface area contributed by atoms with Crippen LogP contribution in [0.25, 0.3) is 207 Å². The standard InChI is InChI=1S/2C50H31N/c1-3-17-32(18-4-1)46-37-24-10-12-26-39(37)47(40-27-13-11-25-38(40)46)43-31-44-35-22-8-14-28-41(35)50-49(48(44)36-23-9-7-21-34(36)43)42-29-15-16-30-45(42)51(50)33-19-5-2-6-20-33;1-2-15-35(16-3-1)51-47-25-13-12-24-43(47)49-48-41-22-10-8-20-39(41)45(31-46(48)40-21-9-11-23-42(40)50(49)51)33-28-26-32(27-29-33)44-30-34-14-4-5-17-36(34)37-18-6-7-19-38(37)44/h2*1-31H. The van der Waals surface area contributed by atoms with Gasteiger partial charge >= 0.3 is 0 Å². The Bertz CT molecular complexity index is 7150. The van der Waals surface area contributed by atoms with E-state index in [4.69, 9.17) is 0 Å². The normalized spacial score (nSPS) is 11.9. The van der Waals surface area contributed by atoms with Gasteiger partial charge < -0.3 is 9.13 Å². The second-order valence-corrected chi connectivity index (χ2v) is 27.2. The number of benzene rings is 20. The van der Waals surface area contributed by atoms with Gasteiger partial charge in [0.05, 0.1) is 22.1 Å². The zero-order valence-corrected chi connectivity index (χ0v) is 55.7. The molecule has 102 heavy (non-hydrogen) atoms. The Kier molecular flexibility index (Phi) is 13.1. The quantitative estimate of drug-likeness (QED) is 0.116. The van der Waals surface area contributed by atoms with E-state index < -0.39 is 0 Å². The number of nitrogens with zero attached hydrogens (tertiary/aromatic N) is 2. The van der Waals surface area contributed by atoms with Crippen molar-refractivity contribution in [3.8, 4) is 55.9 Å². The van der Waals surface area contributed by atoms with E-state index in [1.54, 1.807) is 0 Å². The van der Waals surface area contributed by atoms with Gasteiger partial charge in [-0.1, -0.05) is 322 Å². The van der Waals surface area contributed by atoms with E-state index in [0.717, 1.165) is 0 Å². The molecule has 0 aliphatic rings. The molecule has 2 aromatic heterocycles. The minimum absolute atomic E-state index is 1.17. The lowest BCUT2D eigenvalue weighted by Gasteiger charge is -2.20. The van der Waals surface area contributed by atoms with Crippen LogP contribution in [0.3, 0.4) is 0 Å². The predicted molar refractivity (Wildman–Crippen MR) is 438 cm³/mol. The molecule has 0 spiro atoms. The first-order valence-electron chi connectivity index (χ1n) is 35.4. The third kappa shape index (κ3) is 8.67. The molecule has 0 saturated carbocycles. The van der Waals surface area contributed by atoms with Gasteiger partial charge in [-0.3, -0.25) is 0 Å². The van der Waals surface area contributed by atoms with Crippen molar-refractivity contribution in [1.29, 1.82) is 0 Å². The van der Waals surface area contributed by atoms with Crippen molar-refractivity contribution < 1.29 is 0 Å². The first-order chi connectivity index (χ1) is 50.7. The number of hydrogen-bond donors (Lipinski definition) is 0. The number of hydrogen-bond acceptors (Lipinski definition) is 0. The van der Waals surface area contributed by atoms with Crippen molar-refractivity contribution in [3.05, 3.63) is 376 Å². The third-order valence-electron chi connectivity index (χ3n) is 21.9. The van der Waals surface area contributed by atoms with E-state index in [9.17, 15) is 0 Å². The summed E-state index contributed by atoms with van der Waals surface area (Å²) < 4.78 is 4.93. The van der Waals surface area contributed by atoms with Crippen LogP contribution in [-0.4, -0.2) is 9.13 Å². The predicted octanol–water partition coefficient (Wildman–Crippen LogP) is 27.8. The van der Waals surface area contributed by atoms with Crippen molar-refractivity contribution in [1.82, 2.24) is 9.13 Å². The zero-order chi connectivity index (χ0) is 66.9. The molecule has 0 amide bonds. The molecule has 2 heteroatoms. The maximum Gasteiger partial charge on any atom is 0.0626 e. The van der Waals surface area contributed by atoms with Gasteiger partial charge in [0.2, 0.25) is 0 Å². The van der Waals surface area contributed by atoms with Crippen LogP contribution in [0.15, 0.2) is 376 Å². The smallest absolute Gasteiger partial charge is 0.0626 e. The first-order valence-corrected chi connectivity index (χ1v) is 35.4. The van der Waals surface area contributed by atoms with E-state index in [1.807, 2.05) is 0 Å². The molecule has 22 rings (SSSR count). The average Bonchev–Trinajstić information content (AvgIpc) is 1.42. The Morgan fingerprint density at radius 1 is 0.157 bits per heavy atom. The highest BCUT2D eigenvalue weighted by molar-refractivity contribution is 6.40. The van der Waals surface area contributed by atoms with Crippen LogP contribution in [0.1, 0.15) is 0 Å². The maximum atomic E-state index is 2.50. The summed E-state index contributed by atoms with van der Waals surface area (Å²) in [6, 6.07) is 138. The van der Waals surface area contributed by atoms with E-state index in [2.05, 4.69) is 385 Å². The lowest BCUT2D eigenvalue weighted by Crippen LogP contribution is -1.95. The molecule has 20 aromatic carbocycles. The monoisotopic (exact) mass is 1290 g/mol. The van der Waals surface area contributed by atoms with Crippen molar-refractivity contribution in [2.45, 2.75) is 0 Å². The van der Waals surface area contributed by atoms with Gasteiger partial charge in [0.15, 0.2) is 0 Å². The largest absolute Gasteiger partial charge is 0.309 e. The molecule has 2 nitrogen and oxygen atoms in total. The van der Waals surface area contributed by atoms with Crippen LogP contribution in [0, 0.1) is 0 Å². The van der Waals surface area contributed by atoms with Gasteiger partial charge in [0, 0.05) is 54.5 Å². The molecule has 0 aliphatic carbocycles. The number of para-hydroxylation sites is 4. The van der Waals surface area contributed by atoms with Crippen LogP contribution in [0.2, 0.25) is 0 Å². The third-order valence-corrected chi connectivity index (χ3v) is 21.9. The van der Waals surface area contributed by atoms with Crippen molar-refractivity contribution >= 4 is 151 Å². The van der Waals surface area contributed by atoms with E-state index in [-0.39, 0.29) is 0 Å². The Balaban J connectivity index is 0.000000133. The maximum absolute atomic E-state index is 2.50. The summed E-state index contributed by atoms with van der Waals surface area (Å²) >= 11 is 0. The van der Waals surface area contributed by atoms with Crippen LogP contribution in [-0.2, 0) is 0 Å². The molecule has 0 aliphatic heterocycles. The number of fused-ring (bicyclic) bond motifs is 25. The number of rotatable bonds is 6. The molecule has 22 aromatic rings. The highest BCUT2D eigenvalue weighted by Gasteiger charge is 2.26. The Morgan fingerprint density at radius 2 is 0.461 bits per heavy atom. The molecule has 2 heterocycles. The number of aromatic nitrogens is 2. The van der Waals surface area contributed by atoms with Gasteiger partial charge in [0.25, 0.3) is 0 Å². The summed E-state index contributed by atoms with van der Waals surface area (Å²) in [4.78, 5) is 0. The van der Waals surface area contributed by atoms with E-state index in [0.29, 0.717) is 0 Å². The van der Waals surface area contributed by atoms with Crippen LogP contribution >= 0.6 is 0 Å². The SMILES string of the molecule is c1ccc(-c2c3ccccc3c(-c3cc4c5ccccc5c5c(c6ccccc6n5-c5ccccc5)c4c4ccccc34)c3ccccc23)cc1.c1ccc(-n2c3ccccc3c3c4c5ccccc5c(-c5ccc(-c6cc7ccccc7c7ccccc67)cc5)cc4c4ccccc4c32)cc1. The van der Waals surface area contributed by atoms with Gasteiger partial charge in [-0.15, -0.1) is 0 Å². The van der Waals surface area contributed by atoms with Gasteiger partial charge in [-0.05, 0) is 185 Å². The van der Waals surface area contributed by atoms with E-state index in [1.165, 1.54) is 207 Å². The lowest BCUT2D eigenvalue weighted by molar-refractivity contribution is 1.19. The first kappa shape index (κ1) is 57.6. The van der Waals surface area contributed by atoms with Crippen LogP contribution in [0.4, 0.5) is 0 Å². The summed E-state index contributed by atoms with van der Waals surface area (Å²) in [6.07, 6.45) is 0. The van der Waals surface area contributed by atoms with Crippen LogP contribution in [0.5, 0.6) is 0 Å². The van der Waals surface area contributed by atoms with Crippen molar-refractivity contribution in [2.75, 3.05) is 0 Å². The fourth-order valence-corrected chi connectivity index (χ4v) is 17.7. The molecular weight excluding hydrogens is 1230 g/mol. The summed E-state index contributed by atoms with van der Waals surface area (Å²) in [7, 11) is 0. The fourth-order valence-electron chi connectivity index (χ4n) is 17.7. The second kappa shape index (κ2) is 23.1. The second-order valence-electron chi connectivity index (χ2n) is 27.2. The Hall–Kier alpha value is -13.4. The molecule has 0 fully saturated rings. The van der Waals surface area contributed by atoms with E-state index >= 15 is 0 Å². The van der Waals surface area contributed by atoms with Gasteiger partial charge in [-0.2, -0.15) is 0 Å².